The Morgan fingerprint density at radius 1 is 1.11 bits per heavy atom. The Balaban J connectivity index is 1.39. The summed E-state index contributed by atoms with van der Waals surface area (Å²) in [5.41, 5.74) is 1.19. The highest BCUT2D eigenvalue weighted by Crippen LogP contribution is 2.47. The third-order valence-corrected chi connectivity index (χ3v) is 14.4. The molecule has 3 heterocycles. The number of carbonyl (C=O) groups is 1. The van der Waals surface area contributed by atoms with Crippen molar-refractivity contribution in [1.82, 2.24) is 14.7 Å². The Bertz CT molecular complexity index is 1770. The molecule has 242 valence electrons. The summed E-state index contributed by atoms with van der Waals surface area (Å²) in [6.45, 7) is 7.36. The molecule has 46 heavy (non-hydrogen) atoms. The predicted octanol–water partition coefficient (Wildman–Crippen LogP) is 4.84. The van der Waals surface area contributed by atoms with Gasteiger partial charge < -0.3 is 24.2 Å². The summed E-state index contributed by atoms with van der Waals surface area (Å²) in [4.78, 5) is 29.2. The first kappa shape index (κ1) is 32.0. The smallest absolute Gasteiger partial charge is 0.279 e. The molecule has 2 aliphatic rings. The molecule has 1 aromatic heterocycles. The van der Waals surface area contributed by atoms with E-state index in [-0.39, 0.29) is 47.8 Å². The number of ether oxygens (including phenoxy) is 3. The molecule has 1 unspecified atom stereocenters. The van der Waals surface area contributed by atoms with Gasteiger partial charge in [-0.2, -0.15) is 9.78 Å². The maximum absolute atomic E-state index is 14.0. The molecule has 4 aromatic rings. The second-order valence-electron chi connectivity index (χ2n) is 13.1. The minimum absolute atomic E-state index is 0.0252. The van der Waals surface area contributed by atoms with E-state index in [1.165, 1.54) is 9.87 Å². The maximum Gasteiger partial charge on any atom is 0.279 e. The van der Waals surface area contributed by atoms with Crippen molar-refractivity contribution in [3.63, 3.8) is 0 Å². The number of methoxy groups -OCH3 is 2. The van der Waals surface area contributed by atoms with Crippen molar-refractivity contribution < 1.29 is 24.1 Å². The summed E-state index contributed by atoms with van der Waals surface area (Å²) in [6, 6.07) is 21.2. The van der Waals surface area contributed by atoms with Gasteiger partial charge in [0, 0.05) is 42.5 Å². The molecule has 0 aliphatic carbocycles. The second-order valence-corrected chi connectivity index (χ2v) is 17.9. The first-order valence-corrected chi connectivity index (χ1v) is 19.1. The second kappa shape index (κ2) is 13.0. The molecule has 0 bridgehead atoms. The molecular formula is C36H43N3O6Si. The van der Waals surface area contributed by atoms with Gasteiger partial charge in [0.25, 0.3) is 5.56 Å². The molecule has 1 saturated heterocycles. The Hall–Kier alpha value is -3.99. The maximum atomic E-state index is 14.0. The highest BCUT2D eigenvalue weighted by molar-refractivity contribution is 6.91. The number of rotatable bonds is 9. The molecule has 9 nitrogen and oxygen atoms in total. The number of amides is 1. The largest absolute Gasteiger partial charge is 0.497 e. The van der Waals surface area contributed by atoms with Gasteiger partial charge >= 0.3 is 0 Å². The SMILES string of the molecule is COc1ccc([Si](C)(C)C(CC(=O)N2CCC[C@H]2CO)[C@H]2Oc3ccc(-n4ncc5ccccc5c4=O)cc3[C@@H](OC)[C@@H]2C)cc1. The topological polar surface area (TPSA) is 103 Å². The van der Waals surface area contributed by atoms with E-state index < -0.39 is 8.07 Å². The van der Waals surface area contributed by atoms with Crippen molar-refractivity contribution >= 4 is 29.9 Å². The van der Waals surface area contributed by atoms with Gasteiger partial charge in [0.15, 0.2) is 0 Å². The number of aromatic nitrogens is 2. The number of nitrogens with zero attached hydrogens (tertiary/aromatic N) is 3. The summed E-state index contributed by atoms with van der Waals surface area (Å²) < 4.78 is 19.9. The van der Waals surface area contributed by atoms with Crippen molar-refractivity contribution in [2.24, 2.45) is 5.92 Å². The van der Waals surface area contributed by atoms with Crippen LogP contribution in [0.15, 0.2) is 77.7 Å². The van der Waals surface area contributed by atoms with Gasteiger partial charge in [0.2, 0.25) is 5.91 Å². The molecule has 1 amide bonds. The average molecular weight is 642 g/mol. The standard InChI is InChI=1S/C36H43N3O6Si/c1-23-34(44-3)30-19-25(39-36(42)29-11-7-6-9-24(29)21-37-39)12-17-31(30)45-35(23)32(20-33(41)38-18-8-10-26(38)22-40)46(4,5)28-15-13-27(43-2)14-16-28/h6-7,9,11-17,19,21,23,26,32,34-35,40H,8,10,18,20,22H2,1-5H3/t23-,26-,32?,34-,35-/m0/s1. The van der Waals surface area contributed by atoms with E-state index in [0.29, 0.717) is 29.8 Å². The quantitative estimate of drug-likeness (QED) is 0.261. The molecule has 5 atom stereocenters. The lowest BCUT2D eigenvalue weighted by atomic mass is 9.86. The summed E-state index contributed by atoms with van der Waals surface area (Å²) >= 11 is 0. The fraction of sp³-hybridized carbons (Fsp3) is 0.417. The molecule has 1 N–H and O–H groups in total. The zero-order chi connectivity index (χ0) is 32.6. The van der Waals surface area contributed by atoms with E-state index in [9.17, 15) is 14.7 Å². The fourth-order valence-electron chi connectivity index (χ4n) is 7.45. The molecular weight excluding hydrogens is 598 g/mol. The van der Waals surface area contributed by atoms with E-state index in [1.807, 2.05) is 59.5 Å². The minimum atomic E-state index is -2.38. The minimum Gasteiger partial charge on any atom is -0.497 e. The summed E-state index contributed by atoms with van der Waals surface area (Å²) in [7, 11) is 0.972. The van der Waals surface area contributed by atoms with Gasteiger partial charge in [0.1, 0.15) is 17.6 Å². The van der Waals surface area contributed by atoms with E-state index in [4.69, 9.17) is 14.2 Å². The number of likely N-dealkylation sites (tertiary alicyclic amines) is 1. The van der Waals surface area contributed by atoms with Crippen molar-refractivity contribution in [3.8, 4) is 17.2 Å². The fourth-order valence-corrected chi connectivity index (χ4v) is 10.8. The summed E-state index contributed by atoms with van der Waals surface area (Å²) in [5, 5.41) is 17.0. The zero-order valence-corrected chi connectivity index (χ0v) is 28.2. The van der Waals surface area contributed by atoms with Crippen LogP contribution in [0, 0.1) is 5.92 Å². The van der Waals surface area contributed by atoms with Gasteiger partial charge in [-0.25, -0.2) is 0 Å². The van der Waals surface area contributed by atoms with Gasteiger partial charge in [-0.3, -0.25) is 9.59 Å². The first-order chi connectivity index (χ1) is 22.2. The molecule has 10 heteroatoms. The van der Waals surface area contributed by atoms with Gasteiger partial charge in [-0.1, -0.05) is 55.5 Å². The highest BCUT2D eigenvalue weighted by atomic mass is 28.3. The van der Waals surface area contributed by atoms with Crippen LogP contribution in [0.2, 0.25) is 18.6 Å². The molecule has 3 aromatic carbocycles. The normalized spacial score (nSPS) is 21.9. The van der Waals surface area contributed by atoms with Crippen LogP contribution in [-0.2, 0) is 9.53 Å². The third kappa shape index (κ3) is 5.74. The third-order valence-electron chi connectivity index (χ3n) is 10.2. The van der Waals surface area contributed by atoms with Gasteiger partial charge in [-0.05, 0) is 49.2 Å². The van der Waals surface area contributed by atoms with Gasteiger partial charge in [0.05, 0.1) is 51.2 Å². The molecule has 0 spiro atoms. The Morgan fingerprint density at radius 2 is 1.87 bits per heavy atom. The van der Waals surface area contributed by atoms with Crippen molar-refractivity contribution in [1.29, 1.82) is 0 Å². The number of aliphatic hydroxyl groups is 1. The Kier molecular flexibility index (Phi) is 9.05. The molecule has 0 saturated carbocycles. The number of carbonyl (C=O) groups excluding carboxylic acids is 1. The van der Waals surface area contributed by atoms with Crippen LogP contribution in [0.4, 0.5) is 0 Å². The first-order valence-electron chi connectivity index (χ1n) is 16.0. The monoisotopic (exact) mass is 641 g/mol. The molecule has 6 rings (SSSR count). The lowest BCUT2D eigenvalue weighted by molar-refractivity contribution is -0.133. The predicted molar refractivity (Wildman–Crippen MR) is 181 cm³/mol. The lowest BCUT2D eigenvalue weighted by Gasteiger charge is -2.46. The van der Waals surface area contributed by atoms with E-state index in [2.05, 4.69) is 37.2 Å². The van der Waals surface area contributed by atoms with Crippen LogP contribution in [0.25, 0.3) is 16.5 Å². The highest BCUT2D eigenvalue weighted by Gasteiger charge is 2.49. The number of hydrogen-bond acceptors (Lipinski definition) is 7. The van der Waals surface area contributed by atoms with Crippen LogP contribution in [0.5, 0.6) is 11.5 Å². The van der Waals surface area contributed by atoms with Crippen molar-refractivity contribution in [2.45, 2.75) is 63.1 Å². The Morgan fingerprint density at radius 3 is 2.59 bits per heavy atom. The molecule has 0 radical (unpaired) electrons. The van der Waals surface area contributed by atoms with E-state index >= 15 is 0 Å². The number of hydrogen-bond donors (Lipinski definition) is 1. The number of benzene rings is 3. The average Bonchev–Trinajstić information content (AvgIpc) is 3.56. The van der Waals surface area contributed by atoms with Crippen molar-refractivity contribution in [2.75, 3.05) is 27.4 Å². The van der Waals surface area contributed by atoms with Gasteiger partial charge in [-0.15, -0.1) is 0 Å². The van der Waals surface area contributed by atoms with Crippen LogP contribution in [-0.4, -0.2) is 73.3 Å². The van der Waals surface area contributed by atoms with Crippen molar-refractivity contribution in [3.05, 3.63) is 88.8 Å². The van der Waals surface area contributed by atoms with Crippen LogP contribution < -0.4 is 20.2 Å². The van der Waals surface area contributed by atoms with E-state index in [0.717, 1.165) is 29.5 Å². The number of aliphatic hydroxyl groups excluding tert-OH is 1. The zero-order valence-electron chi connectivity index (χ0n) is 27.2. The number of fused-ring (bicyclic) bond motifs is 2. The van der Waals surface area contributed by atoms with Crippen LogP contribution >= 0.6 is 0 Å². The summed E-state index contributed by atoms with van der Waals surface area (Å²) in [6.07, 6.45) is 3.09. The Labute approximate surface area is 270 Å². The molecule has 2 aliphatic heterocycles. The molecule has 1 fully saturated rings. The van der Waals surface area contributed by atoms with Crippen LogP contribution in [0.1, 0.15) is 37.9 Å². The van der Waals surface area contributed by atoms with E-state index in [1.54, 1.807) is 20.4 Å². The lowest BCUT2D eigenvalue weighted by Crippen LogP contribution is -2.55. The summed E-state index contributed by atoms with van der Waals surface area (Å²) in [5.74, 6) is 1.42. The van der Waals surface area contributed by atoms with Crippen LogP contribution in [0.3, 0.4) is 0 Å².